The first-order chi connectivity index (χ1) is 17.4. The third-order valence-electron chi connectivity index (χ3n) is 5.75. The first-order valence-corrected chi connectivity index (χ1v) is 13.4. The molecule has 1 fully saturated rings. The van der Waals surface area contributed by atoms with E-state index in [1.807, 2.05) is 60.8 Å². The minimum absolute atomic E-state index is 0.133. The molecule has 5 rings (SSSR count). The number of nitrogens with zero attached hydrogens (tertiary/aromatic N) is 2. The highest BCUT2D eigenvalue weighted by molar-refractivity contribution is 9.10. The van der Waals surface area contributed by atoms with Crippen molar-refractivity contribution in [1.82, 2.24) is 9.47 Å². The van der Waals surface area contributed by atoms with Crippen molar-refractivity contribution < 1.29 is 14.3 Å². The Morgan fingerprint density at radius 2 is 1.72 bits per heavy atom. The summed E-state index contributed by atoms with van der Waals surface area (Å²) in [5, 5.41) is 1.73. The van der Waals surface area contributed by atoms with Crippen LogP contribution < -0.4 is 4.74 Å². The predicted molar refractivity (Wildman–Crippen MR) is 150 cm³/mol. The van der Waals surface area contributed by atoms with E-state index in [-0.39, 0.29) is 17.7 Å². The number of carbonyl (C=O) groups is 2. The number of carbonyl (C=O) groups excluding carboxylic acids is 2. The molecule has 0 N–H and O–H groups in total. The zero-order valence-electron chi connectivity index (χ0n) is 18.8. The van der Waals surface area contributed by atoms with Gasteiger partial charge in [0, 0.05) is 32.2 Å². The van der Waals surface area contributed by atoms with Crippen LogP contribution >= 0.6 is 50.9 Å². The standard InChI is InChI=1S/C27H19BrCl2N2O3S/c28-19-9-10-23-20(14-19)18(15-31(23)11-12-35-24-8-4-3-7-22(24)30)13-25-26(33)32(27(34)36-25)16-17-5-1-2-6-21(17)29/h1-10,13-15H,11-12,16H2/b25-13-. The lowest BCUT2D eigenvalue weighted by molar-refractivity contribution is -0.123. The van der Waals surface area contributed by atoms with Gasteiger partial charge >= 0.3 is 0 Å². The summed E-state index contributed by atoms with van der Waals surface area (Å²) in [6.07, 6.45) is 3.74. The van der Waals surface area contributed by atoms with Crippen LogP contribution in [0.25, 0.3) is 17.0 Å². The fourth-order valence-corrected chi connectivity index (χ4v) is 5.56. The maximum Gasteiger partial charge on any atom is 0.293 e. The highest BCUT2D eigenvalue weighted by Gasteiger charge is 2.35. The molecule has 0 atom stereocenters. The van der Waals surface area contributed by atoms with Crippen molar-refractivity contribution in [1.29, 1.82) is 0 Å². The summed E-state index contributed by atoms with van der Waals surface area (Å²) >= 11 is 16.9. The topological polar surface area (TPSA) is 51.5 Å². The molecular weight excluding hydrogens is 583 g/mol. The zero-order chi connectivity index (χ0) is 25.2. The molecule has 1 aliphatic rings. The molecule has 1 aromatic heterocycles. The lowest BCUT2D eigenvalue weighted by Crippen LogP contribution is -2.27. The Morgan fingerprint density at radius 3 is 2.50 bits per heavy atom. The molecule has 9 heteroatoms. The highest BCUT2D eigenvalue weighted by Crippen LogP contribution is 2.36. The molecule has 5 nitrogen and oxygen atoms in total. The van der Waals surface area contributed by atoms with Crippen molar-refractivity contribution in [2.45, 2.75) is 13.1 Å². The van der Waals surface area contributed by atoms with E-state index in [1.165, 1.54) is 4.90 Å². The van der Waals surface area contributed by atoms with Crippen molar-refractivity contribution in [3.63, 3.8) is 0 Å². The molecule has 0 unspecified atom stereocenters. The number of amides is 2. The van der Waals surface area contributed by atoms with Crippen LogP contribution in [0.5, 0.6) is 5.75 Å². The van der Waals surface area contributed by atoms with Gasteiger partial charge in [0.25, 0.3) is 11.1 Å². The summed E-state index contributed by atoms with van der Waals surface area (Å²) in [6, 6.07) is 20.5. The van der Waals surface area contributed by atoms with Gasteiger partial charge in [0.15, 0.2) is 0 Å². The quantitative estimate of drug-likeness (QED) is 0.201. The number of fused-ring (bicyclic) bond motifs is 1. The van der Waals surface area contributed by atoms with E-state index in [0.717, 1.165) is 38.3 Å². The second-order valence-electron chi connectivity index (χ2n) is 8.08. The van der Waals surface area contributed by atoms with Crippen LogP contribution in [0.3, 0.4) is 0 Å². The summed E-state index contributed by atoms with van der Waals surface area (Å²) in [5.74, 6) is 0.300. The molecule has 0 bridgehead atoms. The minimum atomic E-state index is -0.331. The fraction of sp³-hybridized carbons (Fsp3) is 0.111. The molecule has 3 aromatic carbocycles. The summed E-state index contributed by atoms with van der Waals surface area (Å²) in [6.45, 7) is 1.12. The van der Waals surface area contributed by atoms with Gasteiger partial charge in [-0.15, -0.1) is 0 Å². The van der Waals surface area contributed by atoms with Crippen LogP contribution in [0.1, 0.15) is 11.1 Å². The molecule has 0 spiro atoms. The van der Waals surface area contributed by atoms with Crippen LogP contribution in [0.4, 0.5) is 4.79 Å². The lowest BCUT2D eigenvalue weighted by atomic mass is 10.1. The van der Waals surface area contributed by atoms with Crippen LogP contribution in [0, 0.1) is 0 Å². The maximum atomic E-state index is 13.1. The van der Waals surface area contributed by atoms with Gasteiger partial charge in [-0.3, -0.25) is 14.5 Å². The third-order valence-corrected chi connectivity index (χ3v) is 7.83. The van der Waals surface area contributed by atoms with Gasteiger partial charge in [-0.1, -0.05) is 69.5 Å². The average Bonchev–Trinajstić information content (AvgIpc) is 3.33. The van der Waals surface area contributed by atoms with E-state index in [0.29, 0.717) is 33.9 Å². The van der Waals surface area contributed by atoms with Crippen LogP contribution in [0.2, 0.25) is 10.0 Å². The fourth-order valence-electron chi connectivity index (χ4n) is 3.99. The van der Waals surface area contributed by atoms with Gasteiger partial charge in [-0.05, 0) is 59.8 Å². The summed E-state index contributed by atoms with van der Waals surface area (Å²) in [5.41, 5.74) is 2.55. The molecule has 4 aromatic rings. The number of imide groups is 1. The molecule has 2 heterocycles. The Balaban J connectivity index is 1.40. The van der Waals surface area contributed by atoms with Crippen LogP contribution in [-0.2, 0) is 17.9 Å². The van der Waals surface area contributed by atoms with Crippen molar-refractivity contribution in [3.8, 4) is 5.75 Å². The Hall–Kier alpha value is -2.71. The van der Waals surface area contributed by atoms with Gasteiger partial charge in [0.1, 0.15) is 12.4 Å². The van der Waals surface area contributed by atoms with Crippen molar-refractivity contribution in [3.05, 3.63) is 103 Å². The molecular formula is C27H19BrCl2N2O3S. The molecule has 182 valence electrons. The number of hydrogen-bond acceptors (Lipinski definition) is 4. The number of hydrogen-bond donors (Lipinski definition) is 0. The van der Waals surface area contributed by atoms with Gasteiger partial charge in [-0.2, -0.15) is 0 Å². The average molecular weight is 602 g/mol. The number of rotatable bonds is 7. The van der Waals surface area contributed by atoms with E-state index in [1.54, 1.807) is 18.2 Å². The van der Waals surface area contributed by atoms with Crippen molar-refractivity contribution >= 4 is 79.0 Å². The molecule has 0 saturated carbocycles. The predicted octanol–water partition coefficient (Wildman–Crippen LogP) is 8.03. The second kappa shape index (κ2) is 10.7. The smallest absolute Gasteiger partial charge is 0.293 e. The Bertz CT molecular complexity index is 1520. The highest BCUT2D eigenvalue weighted by atomic mass is 79.9. The monoisotopic (exact) mass is 600 g/mol. The summed E-state index contributed by atoms with van der Waals surface area (Å²) in [7, 11) is 0. The first-order valence-electron chi connectivity index (χ1n) is 11.1. The number of halogens is 3. The number of ether oxygens (including phenoxy) is 1. The number of thioether (sulfide) groups is 1. The molecule has 0 aliphatic carbocycles. The van der Waals surface area contributed by atoms with Crippen molar-refractivity contribution in [2.75, 3.05) is 6.61 Å². The van der Waals surface area contributed by atoms with Gasteiger partial charge in [0.2, 0.25) is 0 Å². The van der Waals surface area contributed by atoms with E-state index < -0.39 is 0 Å². The van der Waals surface area contributed by atoms with E-state index in [9.17, 15) is 9.59 Å². The van der Waals surface area contributed by atoms with E-state index in [2.05, 4.69) is 20.5 Å². The lowest BCUT2D eigenvalue weighted by Gasteiger charge is -2.13. The normalized spacial score (nSPS) is 14.9. The first kappa shape index (κ1) is 25.0. The number of para-hydroxylation sites is 1. The molecule has 1 saturated heterocycles. The van der Waals surface area contributed by atoms with Gasteiger partial charge in [-0.25, -0.2) is 0 Å². The third kappa shape index (κ3) is 5.20. The van der Waals surface area contributed by atoms with Crippen LogP contribution in [0.15, 0.2) is 82.3 Å². The number of aromatic nitrogens is 1. The second-order valence-corrected chi connectivity index (χ2v) is 10.8. The Kier molecular flexibility index (Phi) is 7.44. The molecule has 0 radical (unpaired) electrons. The zero-order valence-corrected chi connectivity index (χ0v) is 22.7. The molecule has 2 amide bonds. The molecule has 1 aliphatic heterocycles. The van der Waals surface area contributed by atoms with Crippen molar-refractivity contribution in [2.24, 2.45) is 0 Å². The van der Waals surface area contributed by atoms with Crippen LogP contribution in [-0.4, -0.2) is 27.2 Å². The number of benzene rings is 3. The Labute approximate surface area is 230 Å². The Morgan fingerprint density at radius 1 is 0.972 bits per heavy atom. The van der Waals surface area contributed by atoms with E-state index >= 15 is 0 Å². The minimum Gasteiger partial charge on any atom is -0.490 e. The SMILES string of the molecule is O=C1S/C(=C\c2cn(CCOc3ccccc3Cl)c3ccc(Br)cc23)C(=O)N1Cc1ccccc1Cl. The van der Waals surface area contributed by atoms with Gasteiger partial charge < -0.3 is 9.30 Å². The summed E-state index contributed by atoms with van der Waals surface area (Å²) < 4.78 is 8.86. The largest absolute Gasteiger partial charge is 0.490 e. The van der Waals surface area contributed by atoms with E-state index in [4.69, 9.17) is 27.9 Å². The summed E-state index contributed by atoms with van der Waals surface area (Å²) in [4.78, 5) is 27.4. The maximum absolute atomic E-state index is 13.1. The molecule has 36 heavy (non-hydrogen) atoms. The van der Waals surface area contributed by atoms with Gasteiger partial charge in [0.05, 0.1) is 23.0 Å².